The van der Waals surface area contributed by atoms with E-state index in [0.29, 0.717) is 0 Å². The van der Waals surface area contributed by atoms with Crippen LogP contribution in [0.4, 0.5) is 0 Å². The molecule has 0 aliphatic rings. The lowest BCUT2D eigenvalue weighted by Crippen LogP contribution is -2.27. The molecule has 0 heterocycles. The van der Waals surface area contributed by atoms with Crippen LogP contribution in [0, 0.1) is 0 Å². The van der Waals surface area contributed by atoms with Gasteiger partial charge in [0.1, 0.15) is 0 Å². The average Bonchev–Trinajstić information content (AvgIpc) is 2.44. The Bertz CT molecular complexity index is 360. The van der Waals surface area contributed by atoms with Gasteiger partial charge in [0, 0.05) is 0 Å². The maximum absolute atomic E-state index is 10.7. The first-order valence-corrected chi connectivity index (χ1v) is 7.01. The van der Waals surface area contributed by atoms with Gasteiger partial charge in [0.15, 0.2) is 22.3 Å². The van der Waals surface area contributed by atoms with Crippen molar-refractivity contribution in [3.63, 3.8) is 0 Å². The molecule has 6 nitrogen and oxygen atoms in total. The van der Waals surface area contributed by atoms with Crippen molar-refractivity contribution in [2.24, 2.45) is 0 Å². The summed E-state index contributed by atoms with van der Waals surface area (Å²) in [5, 5.41) is 5.32. The highest BCUT2D eigenvalue weighted by molar-refractivity contribution is 6.45. The third-order valence-corrected chi connectivity index (χ3v) is 2.92. The molecule has 0 aliphatic carbocycles. The number of carbonyl (C=O) groups excluding carboxylic acids is 3. The number of carbonyl (C=O) groups is 4. The molecule has 0 aliphatic heterocycles. The second-order valence-corrected chi connectivity index (χ2v) is 4.42. The molecule has 0 saturated carbocycles. The fraction of sp³-hybridized carbons (Fsp3) is 0.600. The Hall–Kier alpha value is -0.560. The normalized spacial score (nSPS) is 12.4. The largest absolute Gasteiger partial charge is 0.480 e. The number of rotatable bonds is 7. The van der Waals surface area contributed by atoms with Crippen molar-refractivity contribution < 1.29 is 29.0 Å². The Balaban J connectivity index is 0. The van der Waals surface area contributed by atoms with Crippen LogP contribution >= 0.6 is 46.4 Å². The zero-order valence-electron chi connectivity index (χ0n) is 10.3. The Morgan fingerprint density at radius 1 is 1.00 bits per heavy atom. The molecule has 0 aromatic heterocycles. The first-order chi connectivity index (χ1) is 9.22. The van der Waals surface area contributed by atoms with Crippen molar-refractivity contribution in [2.45, 2.75) is 17.7 Å². The minimum Gasteiger partial charge on any atom is -0.480 e. The maximum Gasteiger partial charge on any atom is 0.331 e. The molecule has 0 fully saturated rings. The topological polar surface area (TPSA) is 97.7 Å². The van der Waals surface area contributed by atoms with Gasteiger partial charge in [-0.3, -0.25) is 14.4 Å². The molecular formula is C10H12Cl4O6. The minimum atomic E-state index is -1.50. The van der Waals surface area contributed by atoms with Crippen LogP contribution in [0.15, 0.2) is 0 Å². The lowest BCUT2D eigenvalue weighted by atomic mass is 10.3. The van der Waals surface area contributed by atoms with Crippen LogP contribution in [0.3, 0.4) is 0 Å². The number of carboxylic acid groups (broad SMARTS) is 1. The molecule has 0 rings (SSSR count). The van der Waals surface area contributed by atoms with E-state index < -0.39 is 34.3 Å². The average molecular weight is 370 g/mol. The number of esters is 1. The van der Waals surface area contributed by atoms with Gasteiger partial charge in [-0.25, -0.2) is 4.79 Å². The summed E-state index contributed by atoms with van der Waals surface area (Å²) in [5.41, 5.74) is 0. The standard InChI is InChI=1S/C6H8Cl2O3.C4H4Cl2O3/c1-2-11-6(10)5(8)4(9)3-7;5-1-2(7)3(6)4(8)9/h5H,2-3H2,1H3;3H,1H2,(H,8,9). The molecule has 2 atom stereocenters. The van der Waals surface area contributed by atoms with Crippen molar-refractivity contribution in [3.05, 3.63) is 0 Å². The first-order valence-electron chi connectivity index (χ1n) is 5.07. The van der Waals surface area contributed by atoms with Crippen molar-refractivity contribution in [1.82, 2.24) is 0 Å². The molecule has 20 heavy (non-hydrogen) atoms. The fourth-order valence-electron chi connectivity index (χ4n) is 0.620. The van der Waals surface area contributed by atoms with Crippen LogP contribution in [-0.2, 0) is 23.9 Å². The molecule has 0 radical (unpaired) electrons. The lowest BCUT2D eigenvalue weighted by Gasteiger charge is -2.04. The first kappa shape index (κ1) is 21.7. The highest BCUT2D eigenvalue weighted by Gasteiger charge is 2.23. The molecule has 0 aromatic rings. The summed E-state index contributed by atoms with van der Waals surface area (Å²) in [6.07, 6.45) is 0. The van der Waals surface area contributed by atoms with Crippen molar-refractivity contribution in [2.75, 3.05) is 18.4 Å². The molecule has 0 amide bonds. The van der Waals surface area contributed by atoms with Gasteiger partial charge in [-0.05, 0) is 6.92 Å². The summed E-state index contributed by atoms with van der Waals surface area (Å²) >= 11 is 20.5. The van der Waals surface area contributed by atoms with E-state index in [1.807, 2.05) is 0 Å². The van der Waals surface area contributed by atoms with Crippen molar-refractivity contribution in [3.8, 4) is 0 Å². The molecule has 1 N–H and O–H groups in total. The number of ether oxygens (including phenoxy) is 1. The van der Waals surface area contributed by atoms with Gasteiger partial charge >= 0.3 is 11.9 Å². The number of hydrogen-bond donors (Lipinski definition) is 1. The Morgan fingerprint density at radius 3 is 1.65 bits per heavy atom. The molecule has 0 spiro atoms. The number of Topliss-reactive ketones (excluding diaryl/α,β-unsaturated/α-hetero) is 2. The Kier molecular flexibility index (Phi) is 13.3. The zero-order chi connectivity index (χ0) is 16.3. The number of aliphatic carboxylic acids is 1. The molecule has 2 unspecified atom stereocenters. The summed E-state index contributed by atoms with van der Waals surface area (Å²) in [6.45, 7) is 1.84. The van der Waals surface area contributed by atoms with Gasteiger partial charge in [-0.15, -0.1) is 46.4 Å². The van der Waals surface area contributed by atoms with E-state index >= 15 is 0 Å². The smallest absolute Gasteiger partial charge is 0.331 e. The molecule has 116 valence electrons. The van der Waals surface area contributed by atoms with Gasteiger partial charge in [0.05, 0.1) is 18.4 Å². The maximum atomic E-state index is 10.7. The third-order valence-electron chi connectivity index (χ3n) is 1.54. The van der Waals surface area contributed by atoms with Crippen LogP contribution in [0.5, 0.6) is 0 Å². The van der Waals surface area contributed by atoms with E-state index in [1.165, 1.54) is 0 Å². The quantitative estimate of drug-likeness (QED) is 0.414. The zero-order valence-corrected chi connectivity index (χ0v) is 13.3. The predicted molar refractivity (Wildman–Crippen MR) is 75.0 cm³/mol. The Labute approximate surface area is 135 Å². The van der Waals surface area contributed by atoms with E-state index in [4.69, 9.17) is 51.5 Å². The predicted octanol–water partition coefficient (Wildman–Crippen LogP) is 1.45. The molecule has 0 bridgehead atoms. The number of alkyl halides is 4. The fourth-order valence-corrected chi connectivity index (χ4v) is 1.30. The van der Waals surface area contributed by atoms with E-state index in [9.17, 15) is 19.2 Å². The van der Waals surface area contributed by atoms with E-state index in [0.717, 1.165) is 0 Å². The summed E-state index contributed by atoms with van der Waals surface area (Å²) in [5.74, 6) is -3.95. The number of carboxylic acids is 1. The van der Waals surface area contributed by atoms with Crippen LogP contribution in [0.1, 0.15) is 6.92 Å². The molecule has 10 heteroatoms. The third kappa shape index (κ3) is 9.36. The molecule has 0 saturated heterocycles. The Morgan fingerprint density at radius 2 is 1.40 bits per heavy atom. The second kappa shape index (κ2) is 12.2. The number of halogens is 4. The summed E-state index contributed by atoms with van der Waals surface area (Å²) < 4.78 is 4.48. The van der Waals surface area contributed by atoms with Gasteiger partial charge in [-0.1, -0.05) is 0 Å². The van der Waals surface area contributed by atoms with Gasteiger partial charge in [-0.2, -0.15) is 0 Å². The van der Waals surface area contributed by atoms with Gasteiger partial charge < -0.3 is 9.84 Å². The van der Waals surface area contributed by atoms with Gasteiger partial charge in [0.25, 0.3) is 0 Å². The van der Waals surface area contributed by atoms with E-state index in [2.05, 4.69) is 4.74 Å². The van der Waals surface area contributed by atoms with Crippen LogP contribution in [-0.4, -0.2) is 57.7 Å². The number of ketones is 2. The SMILES string of the molecule is CCOC(=O)C(Cl)C(=O)CCl.O=C(O)C(Cl)C(=O)CCl. The van der Waals surface area contributed by atoms with E-state index in [1.54, 1.807) is 6.92 Å². The minimum absolute atomic E-state index is 0.206. The van der Waals surface area contributed by atoms with E-state index in [-0.39, 0.29) is 18.4 Å². The molecular weight excluding hydrogens is 358 g/mol. The lowest BCUT2D eigenvalue weighted by molar-refractivity contribution is -0.145. The van der Waals surface area contributed by atoms with Crippen LogP contribution in [0.2, 0.25) is 0 Å². The van der Waals surface area contributed by atoms with Crippen LogP contribution in [0.25, 0.3) is 0 Å². The van der Waals surface area contributed by atoms with Crippen molar-refractivity contribution >= 4 is 69.9 Å². The number of hydrogen-bond acceptors (Lipinski definition) is 5. The summed E-state index contributed by atoms with van der Waals surface area (Å²) in [4.78, 5) is 41.6. The van der Waals surface area contributed by atoms with Crippen LogP contribution < -0.4 is 0 Å². The monoisotopic (exact) mass is 368 g/mol. The highest BCUT2D eigenvalue weighted by atomic mass is 35.5. The highest BCUT2D eigenvalue weighted by Crippen LogP contribution is 2.02. The summed E-state index contributed by atoms with van der Waals surface area (Å²) in [6, 6.07) is 0. The molecule has 0 aromatic carbocycles. The van der Waals surface area contributed by atoms with Gasteiger partial charge in [0.2, 0.25) is 0 Å². The summed E-state index contributed by atoms with van der Waals surface area (Å²) in [7, 11) is 0. The second-order valence-electron chi connectivity index (χ2n) is 3.02. The van der Waals surface area contributed by atoms with Crippen molar-refractivity contribution in [1.29, 1.82) is 0 Å².